The minimum absolute atomic E-state index is 0. The SMILES string of the molecule is C1=C\OCCOCCOCCO/1.F[B-](F)(F)F.[Li+]. The van der Waals surface area contributed by atoms with Gasteiger partial charge in [-0.15, -0.1) is 0 Å². The van der Waals surface area contributed by atoms with Gasteiger partial charge in [0.25, 0.3) is 0 Å². The smallest absolute Gasteiger partial charge is 0.496 e. The molecule has 10 heteroatoms. The Bertz CT molecular complexity index is 186. The van der Waals surface area contributed by atoms with Crippen molar-refractivity contribution >= 4 is 7.25 Å². The third-order valence-corrected chi connectivity index (χ3v) is 1.31. The maximum Gasteiger partial charge on any atom is 1.00 e. The fourth-order valence-corrected chi connectivity index (χ4v) is 0.751. The summed E-state index contributed by atoms with van der Waals surface area (Å²) in [7, 11) is -6.00. The van der Waals surface area contributed by atoms with Crippen LogP contribution in [0.25, 0.3) is 0 Å². The van der Waals surface area contributed by atoms with Gasteiger partial charge < -0.3 is 36.2 Å². The monoisotopic (exact) mass is 268 g/mol. The van der Waals surface area contributed by atoms with E-state index in [1.165, 1.54) is 12.5 Å². The zero-order valence-electron chi connectivity index (χ0n) is 10.1. The average Bonchev–Trinajstić information content (AvgIpc) is 2.15. The summed E-state index contributed by atoms with van der Waals surface area (Å²) in [5.74, 6) is 0. The molecule has 1 heterocycles. The first-order chi connectivity index (χ1) is 8.00. The van der Waals surface area contributed by atoms with Crippen molar-refractivity contribution in [1.82, 2.24) is 0 Å². The molecule has 0 amide bonds. The van der Waals surface area contributed by atoms with Gasteiger partial charge in [-0.05, 0) is 0 Å². The normalized spacial score (nSPS) is 19.3. The molecule has 0 radical (unpaired) electrons. The summed E-state index contributed by atoms with van der Waals surface area (Å²) < 4.78 is 59.4. The molecule has 1 aliphatic heterocycles. The second-order valence-electron chi connectivity index (χ2n) is 2.73. The van der Waals surface area contributed by atoms with Gasteiger partial charge in [0.2, 0.25) is 0 Å². The van der Waals surface area contributed by atoms with Crippen molar-refractivity contribution in [2.75, 3.05) is 39.6 Å². The molecule has 0 aromatic rings. The molecule has 0 saturated carbocycles. The predicted molar refractivity (Wildman–Crippen MR) is 52.9 cm³/mol. The minimum atomic E-state index is -6.00. The maximum atomic E-state index is 9.75. The van der Waals surface area contributed by atoms with Crippen LogP contribution in [0.15, 0.2) is 12.5 Å². The Balaban J connectivity index is 0. The summed E-state index contributed by atoms with van der Waals surface area (Å²) in [6.45, 7) is 3.53. The van der Waals surface area contributed by atoms with Crippen LogP contribution < -0.4 is 18.9 Å². The van der Waals surface area contributed by atoms with Gasteiger partial charge in [0.05, 0.1) is 26.4 Å². The van der Waals surface area contributed by atoms with Crippen molar-refractivity contribution < 1.29 is 55.1 Å². The van der Waals surface area contributed by atoms with E-state index in [-0.39, 0.29) is 18.9 Å². The summed E-state index contributed by atoms with van der Waals surface area (Å²) >= 11 is 0. The molecule has 0 aromatic carbocycles. The van der Waals surface area contributed by atoms with E-state index in [0.29, 0.717) is 39.6 Å². The molecule has 18 heavy (non-hydrogen) atoms. The first-order valence-electron chi connectivity index (χ1n) is 4.91. The molecule has 1 rings (SSSR count). The molecular weight excluding hydrogens is 254 g/mol. The van der Waals surface area contributed by atoms with Crippen LogP contribution in [0.3, 0.4) is 0 Å². The van der Waals surface area contributed by atoms with Crippen molar-refractivity contribution in [3.05, 3.63) is 12.5 Å². The fraction of sp³-hybridized carbons (Fsp3) is 0.750. The number of halogens is 4. The van der Waals surface area contributed by atoms with Gasteiger partial charge in [0, 0.05) is 0 Å². The summed E-state index contributed by atoms with van der Waals surface area (Å²) in [6.07, 6.45) is 3.04. The number of hydrogen-bond donors (Lipinski definition) is 0. The predicted octanol–water partition coefficient (Wildman–Crippen LogP) is -1.16. The van der Waals surface area contributed by atoms with E-state index in [1.807, 2.05) is 0 Å². The number of hydrogen-bond acceptors (Lipinski definition) is 4. The van der Waals surface area contributed by atoms with Crippen LogP contribution in [0.5, 0.6) is 0 Å². The molecule has 1 aliphatic rings. The largest absolute Gasteiger partial charge is 1.00 e. The van der Waals surface area contributed by atoms with E-state index in [0.717, 1.165) is 0 Å². The minimum Gasteiger partial charge on any atom is -0.496 e. The van der Waals surface area contributed by atoms with E-state index in [1.54, 1.807) is 0 Å². The summed E-state index contributed by atoms with van der Waals surface area (Å²) in [6, 6.07) is 0. The first-order valence-corrected chi connectivity index (χ1v) is 4.91. The molecule has 0 unspecified atom stereocenters. The van der Waals surface area contributed by atoms with Crippen molar-refractivity contribution in [3.8, 4) is 0 Å². The van der Waals surface area contributed by atoms with Gasteiger partial charge in [0.15, 0.2) is 0 Å². The molecule has 0 spiro atoms. The van der Waals surface area contributed by atoms with Crippen LogP contribution in [0.4, 0.5) is 17.3 Å². The molecule has 4 nitrogen and oxygen atoms in total. The van der Waals surface area contributed by atoms with E-state index in [9.17, 15) is 17.3 Å². The summed E-state index contributed by atoms with van der Waals surface area (Å²) in [5, 5.41) is 0. The standard InChI is InChI=1S/C8H14O4.BF4.Li/c1-2-10-5-6-12-8-7-11-4-3-9-1;2-1(3,4)5;/h1-2H,3-8H2;;/q;-1;+1/b2-1-;;. The van der Waals surface area contributed by atoms with E-state index >= 15 is 0 Å². The van der Waals surface area contributed by atoms with Crippen LogP contribution in [0.1, 0.15) is 0 Å². The number of rotatable bonds is 0. The quantitative estimate of drug-likeness (QED) is 0.410. The van der Waals surface area contributed by atoms with Gasteiger partial charge >= 0.3 is 26.1 Å². The molecule has 0 fully saturated rings. The molecule has 0 atom stereocenters. The molecular formula is C8H14BF4LiO4. The van der Waals surface area contributed by atoms with Gasteiger partial charge in [-0.2, -0.15) is 0 Å². The van der Waals surface area contributed by atoms with Gasteiger partial charge in [-0.25, -0.2) is 0 Å². The van der Waals surface area contributed by atoms with E-state index in [4.69, 9.17) is 18.9 Å². The zero-order chi connectivity index (χ0) is 13.0. The van der Waals surface area contributed by atoms with Crippen LogP contribution in [0.2, 0.25) is 0 Å². The molecule has 0 aromatic heterocycles. The Kier molecular flexibility index (Phi) is 14.5. The third-order valence-electron chi connectivity index (χ3n) is 1.31. The van der Waals surface area contributed by atoms with Crippen LogP contribution in [-0.4, -0.2) is 46.9 Å². The molecule has 0 aliphatic carbocycles. The maximum absolute atomic E-state index is 9.75. The number of ether oxygens (including phenoxy) is 4. The Morgan fingerprint density at radius 1 is 0.667 bits per heavy atom. The second kappa shape index (κ2) is 13.1. The average molecular weight is 268 g/mol. The van der Waals surface area contributed by atoms with Gasteiger partial charge in [0.1, 0.15) is 25.7 Å². The van der Waals surface area contributed by atoms with E-state index in [2.05, 4.69) is 0 Å². The van der Waals surface area contributed by atoms with Crippen molar-refractivity contribution in [2.45, 2.75) is 0 Å². The van der Waals surface area contributed by atoms with Crippen LogP contribution in [0, 0.1) is 0 Å². The van der Waals surface area contributed by atoms with Gasteiger partial charge in [-0.3, -0.25) is 0 Å². The van der Waals surface area contributed by atoms with Crippen molar-refractivity contribution in [2.24, 2.45) is 0 Å². The third kappa shape index (κ3) is 24.7. The molecule has 0 N–H and O–H groups in total. The first kappa shape index (κ1) is 20.0. The zero-order valence-corrected chi connectivity index (χ0v) is 10.1. The van der Waals surface area contributed by atoms with E-state index < -0.39 is 7.25 Å². The van der Waals surface area contributed by atoms with Crippen molar-refractivity contribution in [3.63, 3.8) is 0 Å². The Hall–Kier alpha value is -0.358. The Labute approximate surface area is 115 Å². The Morgan fingerprint density at radius 2 is 0.944 bits per heavy atom. The molecule has 0 saturated heterocycles. The molecule has 102 valence electrons. The topological polar surface area (TPSA) is 36.9 Å². The summed E-state index contributed by atoms with van der Waals surface area (Å²) in [4.78, 5) is 0. The van der Waals surface area contributed by atoms with Crippen LogP contribution >= 0.6 is 0 Å². The Morgan fingerprint density at radius 3 is 1.28 bits per heavy atom. The summed E-state index contributed by atoms with van der Waals surface area (Å²) in [5.41, 5.74) is 0. The van der Waals surface area contributed by atoms with Crippen molar-refractivity contribution in [1.29, 1.82) is 0 Å². The van der Waals surface area contributed by atoms with Gasteiger partial charge in [-0.1, -0.05) is 0 Å². The second-order valence-corrected chi connectivity index (χ2v) is 2.73. The fourth-order valence-electron chi connectivity index (χ4n) is 0.751. The molecule has 0 bridgehead atoms. The van der Waals surface area contributed by atoms with Crippen LogP contribution in [-0.2, 0) is 18.9 Å².